The summed E-state index contributed by atoms with van der Waals surface area (Å²) < 4.78 is 25.5. The first-order chi connectivity index (χ1) is 8.58. The standard InChI is InChI=1S/C11H20N4O2S/c1-3-14-7-8-15(18(16,17)4-2)9-10(14)11-12-5-6-13-11/h5-6,10H,3-4,7-9H2,1-2H3,(H,12,13)/t10-/m0/s1. The molecule has 18 heavy (non-hydrogen) atoms. The van der Waals surface area contributed by atoms with Gasteiger partial charge in [0.2, 0.25) is 10.0 Å². The molecule has 1 atom stereocenters. The van der Waals surface area contributed by atoms with Gasteiger partial charge in [-0.25, -0.2) is 13.4 Å². The van der Waals surface area contributed by atoms with Gasteiger partial charge in [0.15, 0.2) is 0 Å². The van der Waals surface area contributed by atoms with Gasteiger partial charge in [-0.3, -0.25) is 4.90 Å². The predicted molar refractivity (Wildman–Crippen MR) is 69.6 cm³/mol. The van der Waals surface area contributed by atoms with E-state index in [9.17, 15) is 8.42 Å². The van der Waals surface area contributed by atoms with Crippen LogP contribution in [0.3, 0.4) is 0 Å². The largest absolute Gasteiger partial charge is 0.347 e. The Balaban J connectivity index is 2.20. The van der Waals surface area contributed by atoms with Crippen LogP contribution in [0.2, 0.25) is 0 Å². The Morgan fingerprint density at radius 1 is 1.44 bits per heavy atom. The molecule has 0 radical (unpaired) electrons. The van der Waals surface area contributed by atoms with Gasteiger partial charge >= 0.3 is 0 Å². The van der Waals surface area contributed by atoms with Gasteiger partial charge in [-0.1, -0.05) is 6.92 Å². The molecule has 6 nitrogen and oxygen atoms in total. The first-order valence-corrected chi connectivity index (χ1v) is 7.90. The van der Waals surface area contributed by atoms with E-state index < -0.39 is 10.0 Å². The zero-order chi connectivity index (χ0) is 13.2. The summed E-state index contributed by atoms with van der Waals surface area (Å²) in [4.78, 5) is 9.60. The van der Waals surface area contributed by atoms with Gasteiger partial charge in [0.25, 0.3) is 0 Å². The average Bonchev–Trinajstić information content (AvgIpc) is 2.91. The molecular formula is C11H20N4O2S. The molecule has 2 rings (SSSR count). The minimum Gasteiger partial charge on any atom is -0.347 e. The molecule has 1 saturated heterocycles. The van der Waals surface area contributed by atoms with Gasteiger partial charge in [0.05, 0.1) is 11.8 Å². The fraction of sp³-hybridized carbons (Fsp3) is 0.727. The van der Waals surface area contributed by atoms with Gasteiger partial charge in [0.1, 0.15) is 5.82 Å². The summed E-state index contributed by atoms with van der Waals surface area (Å²) >= 11 is 0. The predicted octanol–water partition coefficient (Wildman–Crippen LogP) is 0.438. The molecule has 0 bridgehead atoms. The first kappa shape index (κ1) is 13.5. The fourth-order valence-corrected chi connectivity index (χ4v) is 3.42. The van der Waals surface area contributed by atoms with E-state index in [0.29, 0.717) is 13.1 Å². The SMILES string of the molecule is CCN1CCN(S(=O)(=O)CC)C[C@H]1c1ncc[nH]1. The lowest BCUT2D eigenvalue weighted by Crippen LogP contribution is -2.50. The zero-order valence-corrected chi connectivity index (χ0v) is 11.7. The van der Waals surface area contributed by atoms with E-state index in [1.165, 1.54) is 0 Å². The van der Waals surface area contributed by atoms with E-state index in [1.807, 2.05) is 0 Å². The van der Waals surface area contributed by atoms with Crippen LogP contribution >= 0.6 is 0 Å². The molecule has 102 valence electrons. The highest BCUT2D eigenvalue weighted by molar-refractivity contribution is 7.89. The van der Waals surface area contributed by atoms with E-state index in [0.717, 1.165) is 18.9 Å². The van der Waals surface area contributed by atoms with Crippen LogP contribution in [0.25, 0.3) is 0 Å². The second kappa shape index (κ2) is 5.38. The normalized spacial score (nSPS) is 23.3. The molecule has 1 aliphatic heterocycles. The molecule has 1 aromatic heterocycles. The van der Waals surface area contributed by atoms with E-state index >= 15 is 0 Å². The fourth-order valence-electron chi connectivity index (χ4n) is 2.33. The molecule has 1 fully saturated rings. The first-order valence-electron chi connectivity index (χ1n) is 6.29. The smallest absolute Gasteiger partial charge is 0.213 e. The quantitative estimate of drug-likeness (QED) is 0.863. The van der Waals surface area contributed by atoms with Crippen molar-refractivity contribution in [1.82, 2.24) is 19.2 Å². The third-order valence-corrected chi connectivity index (χ3v) is 5.30. The van der Waals surface area contributed by atoms with Crippen molar-refractivity contribution in [1.29, 1.82) is 0 Å². The second-order valence-electron chi connectivity index (χ2n) is 4.38. The molecule has 0 spiro atoms. The summed E-state index contributed by atoms with van der Waals surface area (Å²) in [6.07, 6.45) is 3.48. The average molecular weight is 272 g/mol. The number of rotatable bonds is 4. The zero-order valence-electron chi connectivity index (χ0n) is 10.8. The summed E-state index contributed by atoms with van der Waals surface area (Å²) in [6.45, 7) is 6.47. The molecule has 0 aromatic carbocycles. The highest BCUT2D eigenvalue weighted by atomic mass is 32.2. The van der Waals surface area contributed by atoms with Crippen molar-refractivity contribution in [2.24, 2.45) is 0 Å². The summed E-state index contributed by atoms with van der Waals surface area (Å²) in [6, 6.07) is 0.0278. The van der Waals surface area contributed by atoms with Crippen molar-refractivity contribution in [3.05, 3.63) is 18.2 Å². The maximum Gasteiger partial charge on any atom is 0.213 e. The molecule has 7 heteroatoms. The van der Waals surface area contributed by atoms with Gasteiger partial charge in [-0.05, 0) is 13.5 Å². The third kappa shape index (κ3) is 2.57. The van der Waals surface area contributed by atoms with E-state index in [-0.39, 0.29) is 11.8 Å². The topological polar surface area (TPSA) is 69.3 Å². The van der Waals surface area contributed by atoms with Crippen molar-refractivity contribution in [3.63, 3.8) is 0 Å². The number of H-pyrrole nitrogens is 1. The molecule has 1 N–H and O–H groups in total. The van der Waals surface area contributed by atoms with Crippen molar-refractivity contribution in [3.8, 4) is 0 Å². The van der Waals surface area contributed by atoms with Gasteiger partial charge in [0, 0.05) is 32.0 Å². The Hall–Kier alpha value is -0.920. The highest BCUT2D eigenvalue weighted by Gasteiger charge is 2.33. The summed E-state index contributed by atoms with van der Waals surface area (Å²) in [5, 5.41) is 0. The van der Waals surface area contributed by atoms with Gasteiger partial charge in [-0.15, -0.1) is 0 Å². The minimum atomic E-state index is -3.11. The number of hydrogen-bond donors (Lipinski definition) is 1. The van der Waals surface area contributed by atoms with E-state index in [1.54, 1.807) is 23.6 Å². The van der Waals surface area contributed by atoms with Crippen LogP contribution in [0.1, 0.15) is 25.7 Å². The molecule has 0 amide bonds. The maximum absolute atomic E-state index is 11.9. The number of nitrogens with zero attached hydrogens (tertiary/aromatic N) is 3. The van der Waals surface area contributed by atoms with Crippen LogP contribution < -0.4 is 0 Å². The maximum atomic E-state index is 11.9. The minimum absolute atomic E-state index is 0.0278. The number of aromatic nitrogens is 2. The second-order valence-corrected chi connectivity index (χ2v) is 6.63. The van der Waals surface area contributed by atoms with Crippen molar-refractivity contribution in [2.75, 3.05) is 31.9 Å². The number of imidazole rings is 1. The molecule has 1 aromatic rings. The summed E-state index contributed by atoms with van der Waals surface area (Å²) in [5.41, 5.74) is 0. The van der Waals surface area contributed by atoms with E-state index in [4.69, 9.17) is 0 Å². The monoisotopic (exact) mass is 272 g/mol. The lowest BCUT2D eigenvalue weighted by atomic mass is 10.2. The highest BCUT2D eigenvalue weighted by Crippen LogP contribution is 2.24. The molecule has 0 unspecified atom stereocenters. The lowest BCUT2D eigenvalue weighted by molar-refractivity contribution is 0.119. The molecule has 0 aliphatic carbocycles. The van der Waals surface area contributed by atoms with Gasteiger partial charge in [-0.2, -0.15) is 4.31 Å². The van der Waals surface area contributed by atoms with Crippen molar-refractivity contribution >= 4 is 10.0 Å². The Labute approximate surface area is 108 Å². The Kier molecular flexibility index (Phi) is 4.04. The Morgan fingerprint density at radius 2 is 2.22 bits per heavy atom. The number of piperazine rings is 1. The summed E-state index contributed by atoms with van der Waals surface area (Å²) in [5.74, 6) is 0.997. The van der Waals surface area contributed by atoms with Crippen LogP contribution in [0.4, 0.5) is 0 Å². The Morgan fingerprint density at radius 3 is 2.78 bits per heavy atom. The number of aromatic amines is 1. The van der Waals surface area contributed by atoms with Gasteiger partial charge < -0.3 is 4.98 Å². The van der Waals surface area contributed by atoms with Crippen LogP contribution in [0, 0.1) is 0 Å². The third-order valence-electron chi connectivity index (χ3n) is 3.45. The molecular weight excluding hydrogens is 252 g/mol. The lowest BCUT2D eigenvalue weighted by Gasteiger charge is -2.39. The number of sulfonamides is 1. The number of hydrogen-bond acceptors (Lipinski definition) is 4. The molecule has 2 heterocycles. The molecule has 1 aliphatic rings. The van der Waals surface area contributed by atoms with Crippen LogP contribution in [0.5, 0.6) is 0 Å². The van der Waals surface area contributed by atoms with Crippen LogP contribution in [-0.2, 0) is 10.0 Å². The van der Waals surface area contributed by atoms with Crippen molar-refractivity contribution < 1.29 is 8.42 Å². The van der Waals surface area contributed by atoms with Crippen LogP contribution in [-0.4, -0.2) is 59.5 Å². The van der Waals surface area contributed by atoms with E-state index in [2.05, 4.69) is 21.8 Å². The number of likely N-dealkylation sites (N-methyl/N-ethyl adjacent to an activating group) is 1. The Bertz CT molecular complexity index is 471. The van der Waals surface area contributed by atoms with Crippen LogP contribution in [0.15, 0.2) is 12.4 Å². The van der Waals surface area contributed by atoms with Crippen molar-refractivity contribution in [2.45, 2.75) is 19.9 Å². The molecule has 0 saturated carbocycles. The number of nitrogens with one attached hydrogen (secondary N) is 1. The summed E-state index contributed by atoms with van der Waals surface area (Å²) in [7, 11) is -3.11.